The molecule has 1 aromatic rings. The van der Waals surface area contributed by atoms with E-state index in [0.717, 1.165) is 25.7 Å². The summed E-state index contributed by atoms with van der Waals surface area (Å²) in [6.07, 6.45) is 4.66. The second-order valence-corrected chi connectivity index (χ2v) is 6.33. The molecule has 0 spiro atoms. The van der Waals surface area contributed by atoms with Crippen LogP contribution >= 0.6 is 0 Å². The lowest BCUT2D eigenvalue weighted by Gasteiger charge is -2.27. The van der Waals surface area contributed by atoms with Crippen molar-refractivity contribution in [3.05, 3.63) is 35.6 Å². The van der Waals surface area contributed by atoms with Gasteiger partial charge in [-0.1, -0.05) is 0 Å². The molecule has 0 bridgehead atoms. The van der Waals surface area contributed by atoms with E-state index in [9.17, 15) is 14.0 Å². The average molecular weight is 336 g/mol. The predicted octanol–water partition coefficient (Wildman–Crippen LogP) is 2.00. The van der Waals surface area contributed by atoms with Crippen LogP contribution in [0.4, 0.5) is 4.39 Å². The van der Waals surface area contributed by atoms with Crippen LogP contribution in [0.1, 0.15) is 48.9 Å². The van der Waals surface area contributed by atoms with Crippen LogP contribution in [-0.4, -0.2) is 36.1 Å². The zero-order valence-corrected chi connectivity index (χ0v) is 13.8. The summed E-state index contributed by atoms with van der Waals surface area (Å²) in [7, 11) is 0. The third-order valence-corrected chi connectivity index (χ3v) is 4.44. The van der Waals surface area contributed by atoms with Gasteiger partial charge in [0.1, 0.15) is 5.82 Å². The smallest absolute Gasteiger partial charge is 0.251 e. The summed E-state index contributed by atoms with van der Waals surface area (Å²) in [5.41, 5.74) is 0.404. The fraction of sp³-hybridized carbons (Fsp3) is 0.556. The fourth-order valence-corrected chi connectivity index (χ4v) is 2.94. The third-order valence-electron chi connectivity index (χ3n) is 4.44. The van der Waals surface area contributed by atoms with Crippen molar-refractivity contribution < 1.29 is 19.1 Å². The van der Waals surface area contributed by atoms with Gasteiger partial charge in [-0.3, -0.25) is 9.59 Å². The maximum Gasteiger partial charge on any atom is 0.251 e. The first-order valence-corrected chi connectivity index (χ1v) is 8.52. The molecule has 1 saturated carbocycles. The van der Waals surface area contributed by atoms with E-state index in [1.165, 1.54) is 24.3 Å². The molecule has 24 heavy (non-hydrogen) atoms. The van der Waals surface area contributed by atoms with Gasteiger partial charge in [-0.25, -0.2) is 4.39 Å². The summed E-state index contributed by atoms with van der Waals surface area (Å²) >= 11 is 0. The first-order chi connectivity index (χ1) is 11.6. The number of aliphatic hydroxyl groups is 1. The molecule has 2 amide bonds. The molecule has 0 heterocycles. The standard InChI is InChI=1S/C18H25FN2O3/c19-15-7-5-14(6-8-15)18(24)20-11-1-2-17(23)21-16-9-3-13(12-22)4-10-16/h5-8,13,16,22H,1-4,9-12H2,(H,20,24)(H,21,23). The summed E-state index contributed by atoms with van der Waals surface area (Å²) < 4.78 is 12.8. The Balaban J connectivity index is 1.59. The maximum atomic E-state index is 12.8. The van der Waals surface area contributed by atoms with Crippen molar-refractivity contribution in [3.8, 4) is 0 Å². The molecule has 5 nitrogen and oxygen atoms in total. The molecule has 1 aromatic carbocycles. The van der Waals surface area contributed by atoms with Gasteiger partial charge in [0.15, 0.2) is 0 Å². The third kappa shape index (κ3) is 5.92. The van der Waals surface area contributed by atoms with Crippen molar-refractivity contribution in [2.45, 2.75) is 44.6 Å². The Labute approximate surface area is 141 Å². The van der Waals surface area contributed by atoms with Crippen LogP contribution in [0.15, 0.2) is 24.3 Å². The lowest BCUT2D eigenvalue weighted by atomic mass is 9.86. The summed E-state index contributed by atoms with van der Waals surface area (Å²) in [4.78, 5) is 23.7. The molecule has 3 N–H and O–H groups in total. The number of hydrogen-bond acceptors (Lipinski definition) is 3. The monoisotopic (exact) mass is 336 g/mol. The van der Waals surface area contributed by atoms with Crippen molar-refractivity contribution in [2.24, 2.45) is 5.92 Å². The largest absolute Gasteiger partial charge is 0.396 e. The minimum absolute atomic E-state index is 0.00141. The minimum atomic E-state index is -0.378. The zero-order valence-electron chi connectivity index (χ0n) is 13.8. The SMILES string of the molecule is O=C(CCCNC(=O)c1ccc(F)cc1)NC1CCC(CO)CC1. The molecule has 0 unspecified atom stereocenters. The number of rotatable bonds is 7. The summed E-state index contributed by atoms with van der Waals surface area (Å²) in [5.74, 6) is -0.271. The Bertz CT molecular complexity index is 540. The highest BCUT2D eigenvalue weighted by Gasteiger charge is 2.21. The van der Waals surface area contributed by atoms with Crippen LogP contribution in [-0.2, 0) is 4.79 Å². The Morgan fingerprint density at radius 3 is 2.42 bits per heavy atom. The van der Waals surface area contributed by atoms with E-state index in [2.05, 4.69) is 10.6 Å². The van der Waals surface area contributed by atoms with Gasteiger partial charge in [0, 0.05) is 31.2 Å². The average Bonchev–Trinajstić information content (AvgIpc) is 2.60. The van der Waals surface area contributed by atoms with Gasteiger partial charge in [-0.2, -0.15) is 0 Å². The first-order valence-electron chi connectivity index (χ1n) is 8.52. The van der Waals surface area contributed by atoms with E-state index in [1.54, 1.807) is 0 Å². The highest BCUT2D eigenvalue weighted by atomic mass is 19.1. The Kier molecular flexibility index (Phi) is 7.18. The number of carbonyl (C=O) groups excluding carboxylic acids is 2. The van der Waals surface area contributed by atoms with Gasteiger partial charge in [0.25, 0.3) is 5.91 Å². The zero-order chi connectivity index (χ0) is 17.4. The molecule has 1 aliphatic rings. The highest BCUT2D eigenvalue weighted by molar-refractivity contribution is 5.94. The lowest BCUT2D eigenvalue weighted by Crippen LogP contribution is -2.38. The van der Waals surface area contributed by atoms with Gasteiger partial charge in [0.05, 0.1) is 0 Å². The van der Waals surface area contributed by atoms with Gasteiger partial charge in [-0.05, 0) is 62.3 Å². The van der Waals surface area contributed by atoms with E-state index in [-0.39, 0.29) is 30.3 Å². The summed E-state index contributed by atoms with van der Waals surface area (Å²) in [6, 6.07) is 5.55. The summed E-state index contributed by atoms with van der Waals surface area (Å²) in [5, 5.41) is 14.8. The number of halogens is 1. The second-order valence-electron chi connectivity index (χ2n) is 6.33. The molecule has 1 fully saturated rings. The second kappa shape index (κ2) is 9.37. The van der Waals surface area contributed by atoms with Crippen molar-refractivity contribution in [1.82, 2.24) is 10.6 Å². The summed E-state index contributed by atoms with van der Waals surface area (Å²) in [6.45, 7) is 0.634. The van der Waals surface area contributed by atoms with E-state index in [4.69, 9.17) is 5.11 Å². The molecule has 6 heteroatoms. The van der Waals surface area contributed by atoms with Crippen molar-refractivity contribution in [2.75, 3.05) is 13.2 Å². The molecule has 0 radical (unpaired) electrons. The van der Waals surface area contributed by atoms with Gasteiger partial charge in [-0.15, -0.1) is 0 Å². The Morgan fingerprint density at radius 2 is 1.79 bits per heavy atom. The minimum Gasteiger partial charge on any atom is -0.396 e. The topological polar surface area (TPSA) is 78.4 Å². The van der Waals surface area contributed by atoms with Crippen LogP contribution in [0.5, 0.6) is 0 Å². The fourth-order valence-electron chi connectivity index (χ4n) is 2.94. The molecule has 0 atom stereocenters. The van der Waals surface area contributed by atoms with Gasteiger partial charge < -0.3 is 15.7 Å². The number of nitrogens with one attached hydrogen (secondary N) is 2. The number of carbonyl (C=O) groups is 2. The first kappa shape index (κ1) is 18.4. The van der Waals surface area contributed by atoms with Crippen molar-refractivity contribution in [3.63, 3.8) is 0 Å². The maximum absolute atomic E-state index is 12.8. The highest BCUT2D eigenvalue weighted by Crippen LogP contribution is 2.23. The van der Waals surface area contributed by atoms with Crippen molar-refractivity contribution >= 4 is 11.8 Å². The molecular weight excluding hydrogens is 311 g/mol. The van der Waals surface area contributed by atoms with E-state index in [1.807, 2.05) is 0 Å². The number of benzene rings is 1. The van der Waals surface area contributed by atoms with E-state index in [0.29, 0.717) is 30.9 Å². The van der Waals surface area contributed by atoms with Crippen LogP contribution in [0.3, 0.4) is 0 Å². The van der Waals surface area contributed by atoms with Gasteiger partial charge >= 0.3 is 0 Å². The molecule has 2 rings (SSSR count). The normalized spacial score (nSPS) is 20.4. The molecule has 132 valence electrons. The molecule has 0 aromatic heterocycles. The number of aliphatic hydroxyl groups excluding tert-OH is 1. The Morgan fingerprint density at radius 1 is 1.12 bits per heavy atom. The quantitative estimate of drug-likeness (QED) is 0.667. The van der Waals surface area contributed by atoms with Gasteiger partial charge in [0.2, 0.25) is 5.91 Å². The Hall–Kier alpha value is -1.95. The van der Waals surface area contributed by atoms with Crippen LogP contribution in [0.2, 0.25) is 0 Å². The number of hydrogen-bond donors (Lipinski definition) is 3. The lowest BCUT2D eigenvalue weighted by molar-refractivity contribution is -0.122. The molecular formula is C18H25FN2O3. The van der Waals surface area contributed by atoms with Crippen LogP contribution < -0.4 is 10.6 Å². The predicted molar refractivity (Wildman–Crippen MR) is 88.9 cm³/mol. The van der Waals surface area contributed by atoms with Crippen LogP contribution in [0, 0.1) is 11.7 Å². The molecule has 0 aliphatic heterocycles. The van der Waals surface area contributed by atoms with Crippen LogP contribution in [0.25, 0.3) is 0 Å². The number of amides is 2. The van der Waals surface area contributed by atoms with Crippen molar-refractivity contribution in [1.29, 1.82) is 0 Å². The van der Waals surface area contributed by atoms with E-state index >= 15 is 0 Å². The molecule has 1 aliphatic carbocycles. The molecule has 0 saturated heterocycles. The van der Waals surface area contributed by atoms with E-state index < -0.39 is 0 Å².